The Balaban J connectivity index is 1.12. The molecule has 18 heteroatoms. The maximum absolute atomic E-state index is 13.8. The number of pyridine rings is 1. The molecule has 2 heterocycles. The molecule has 0 unspecified atom stereocenters. The molecule has 4 aromatic carbocycles. The van der Waals surface area contributed by atoms with E-state index in [0.717, 1.165) is 11.1 Å². The Labute approximate surface area is 355 Å². The zero-order chi connectivity index (χ0) is 45.3. The summed E-state index contributed by atoms with van der Waals surface area (Å²) in [4.78, 5) is 46.1. The molecule has 1 aliphatic rings. The third kappa shape index (κ3) is 11.1. The summed E-state index contributed by atoms with van der Waals surface area (Å²) in [6, 6.07) is 30.8. The summed E-state index contributed by atoms with van der Waals surface area (Å²) in [5.41, 5.74) is 2.64. The molecule has 2 amide bonds. The minimum absolute atomic E-state index is 0.0178. The normalized spacial score (nSPS) is 13.7. The van der Waals surface area contributed by atoms with Crippen molar-refractivity contribution in [1.82, 2.24) is 30.1 Å². The number of amides is 2. The molecule has 1 aliphatic carbocycles. The number of para-hydroxylation sites is 1. The SMILES string of the molecule is [2H]C([2H])([2H])NC(=O)c1cn(COC(=O)c2ccc(COP(=O)(OCc3ccccc3)OCc3ccccc3)cc2)c(NC(=O)C2CC2)cc1=Nc1cccc(-c2nnn(C)n2)c1OC. The number of anilines is 1. The van der Waals surface area contributed by atoms with Crippen LogP contribution in [0.2, 0.25) is 0 Å². The van der Waals surface area contributed by atoms with Gasteiger partial charge in [-0.2, -0.15) is 4.80 Å². The molecule has 0 spiro atoms. The van der Waals surface area contributed by atoms with Gasteiger partial charge in [-0.25, -0.2) is 14.4 Å². The number of hydrogen-bond donors (Lipinski definition) is 2. The summed E-state index contributed by atoms with van der Waals surface area (Å²) >= 11 is 0. The number of hydrogen-bond acceptors (Lipinski definition) is 13. The molecule has 17 nitrogen and oxygen atoms in total. The van der Waals surface area contributed by atoms with E-state index in [1.54, 1.807) is 37.4 Å². The summed E-state index contributed by atoms with van der Waals surface area (Å²) in [7, 11) is -1.06. The third-order valence-electron chi connectivity index (χ3n) is 9.27. The summed E-state index contributed by atoms with van der Waals surface area (Å²) in [5.74, 6) is -1.78. The fourth-order valence-electron chi connectivity index (χ4n) is 5.90. The number of rotatable bonds is 18. The number of carbonyl (C=O) groups is 3. The topological polar surface area (TPSA) is 199 Å². The Bertz CT molecular complexity index is 2680. The number of phosphoric ester groups is 1. The van der Waals surface area contributed by atoms with Crippen molar-refractivity contribution in [3.05, 3.63) is 149 Å². The van der Waals surface area contributed by atoms with Crippen LogP contribution in [0.25, 0.3) is 11.4 Å². The number of methoxy groups -OCH3 is 1. The molecule has 0 saturated heterocycles. The Morgan fingerprint density at radius 3 is 2.08 bits per heavy atom. The summed E-state index contributed by atoms with van der Waals surface area (Å²) in [6.45, 7) is -3.61. The lowest BCUT2D eigenvalue weighted by atomic mass is 10.1. The lowest BCUT2D eigenvalue weighted by Crippen LogP contribution is -2.29. The Hall–Kier alpha value is -6.78. The highest BCUT2D eigenvalue weighted by Crippen LogP contribution is 2.51. The van der Waals surface area contributed by atoms with Crippen molar-refractivity contribution in [3.63, 3.8) is 0 Å². The highest BCUT2D eigenvalue weighted by atomic mass is 31.2. The number of carbonyl (C=O) groups excluding carboxylic acids is 3. The Morgan fingerprint density at radius 1 is 0.869 bits per heavy atom. The number of benzene rings is 4. The van der Waals surface area contributed by atoms with E-state index < -0.39 is 33.4 Å². The van der Waals surface area contributed by atoms with Crippen LogP contribution in [-0.2, 0) is 61.3 Å². The molecule has 6 aromatic rings. The lowest BCUT2D eigenvalue weighted by molar-refractivity contribution is -0.117. The molecule has 7 rings (SSSR count). The van der Waals surface area contributed by atoms with Crippen molar-refractivity contribution < 1.29 is 46.1 Å². The summed E-state index contributed by atoms with van der Waals surface area (Å²) in [5, 5.41) is 16.9. The van der Waals surface area contributed by atoms with Crippen LogP contribution < -0.4 is 20.7 Å². The average molecular weight is 850 g/mol. The van der Waals surface area contributed by atoms with E-state index >= 15 is 0 Å². The van der Waals surface area contributed by atoms with Gasteiger partial charge >= 0.3 is 13.8 Å². The third-order valence-corrected chi connectivity index (χ3v) is 10.6. The van der Waals surface area contributed by atoms with Crippen LogP contribution in [0.1, 0.15) is 54.4 Å². The van der Waals surface area contributed by atoms with E-state index in [1.165, 1.54) is 40.9 Å². The van der Waals surface area contributed by atoms with Crippen molar-refractivity contribution in [2.75, 3.05) is 19.4 Å². The largest absolute Gasteiger partial charge is 0.494 e. The molecule has 314 valence electrons. The van der Waals surface area contributed by atoms with Crippen molar-refractivity contribution in [1.29, 1.82) is 0 Å². The predicted octanol–water partition coefficient (Wildman–Crippen LogP) is 6.50. The Kier molecular flexibility index (Phi) is 12.3. The van der Waals surface area contributed by atoms with E-state index in [2.05, 4.69) is 25.7 Å². The van der Waals surface area contributed by atoms with Gasteiger partial charge in [-0.15, -0.1) is 10.2 Å². The van der Waals surface area contributed by atoms with E-state index in [9.17, 15) is 18.9 Å². The molecule has 0 atom stereocenters. The molecule has 2 N–H and O–H groups in total. The van der Waals surface area contributed by atoms with Gasteiger partial charge in [-0.1, -0.05) is 78.9 Å². The van der Waals surface area contributed by atoms with E-state index in [-0.39, 0.29) is 71.2 Å². The first-order valence-electron chi connectivity index (χ1n) is 20.5. The molecular formula is C43H43N8O9P. The van der Waals surface area contributed by atoms with Gasteiger partial charge in [0.25, 0.3) is 5.91 Å². The van der Waals surface area contributed by atoms with Crippen LogP contribution in [0.5, 0.6) is 5.75 Å². The summed E-state index contributed by atoms with van der Waals surface area (Å²) < 4.78 is 66.6. The van der Waals surface area contributed by atoms with Crippen LogP contribution in [-0.4, -0.2) is 56.6 Å². The lowest BCUT2D eigenvalue weighted by Gasteiger charge is -2.18. The second kappa shape index (κ2) is 19.5. The first kappa shape index (κ1) is 38.4. The van der Waals surface area contributed by atoms with E-state index in [1.807, 2.05) is 66.0 Å². The number of ether oxygens (including phenoxy) is 2. The standard InChI is InChI=1S/C43H43N8O9P/c1-44-42(53)35-24-51(38(46-41(52)32-21-22-32)23-37(35)45-36-16-10-15-34(39(36)56-3)40-47-49-50(2)48-40)28-57-43(54)33-19-17-31(18-20-33)27-60-61(55,58-25-29-11-6-4-7-12-29)59-26-30-13-8-5-9-14-30/h4-20,23-24,32H,21-22,25-28H2,1-3H3,(H,44,53)(H,46,52)/i1D3. The smallest absolute Gasteiger partial charge is 0.475 e. The van der Waals surface area contributed by atoms with E-state index in [0.29, 0.717) is 24.0 Å². The molecule has 0 radical (unpaired) electrons. The molecule has 1 saturated carbocycles. The number of tetrazole rings is 1. The molecule has 61 heavy (non-hydrogen) atoms. The van der Waals surface area contributed by atoms with Gasteiger partial charge in [0.05, 0.1) is 56.0 Å². The van der Waals surface area contributed by atoms with Gasteiger partial charge < -0.3 is 20.1 Å². The molecule has 0 bridgehead atoms. The zero-order valence-corrected chi connectivity index (χ0v) is 34.0. The minimum Gasteiger partial charge on any atom is -0.494 e. The number of aryl methyl sites for hydroxylation is 1. The van der Waals surface area contributed by atoms with Gasteiger partial charge in [0, 0.05) is 29.3 Å². The van der Waals surface area contributed by atoms with Crippen LogP contribution in [0, 0.1) is 5.92 Å². The van der Waals surface area contributed by atoms with E-state index in [4.69, 9.17) is 27.2 Å². The predicted molar refractivity (Wildman–Crippen MR) is 222 cm³/mol. The van der Waals surface area contributed by atoms with Gasteiger partial charge in [0.1, 0.15) is 11.5 Å². The van der Waals surface area contributed by atoms with Crippen molar-refractivity contribution in [3.8, 4) is 17.1 Å². The fraction of sp³-hybridized carbons (Fsp3) is 0.233. The van der Waals surface area contributed by atoms with Crippen LogP contribution in [0.3, 0.4) is 0 Å². The average Bonchev–Trinajstić information content (AvgIpc) is 4.06. The second-order valence-electron chi connectivity index (χ2n) is 13.7. The maximum atomic E-state index is 13.8. The Morgan fingerprint density at radius 2 is 1.51 bits per heavy atom. The van der Waals surface area contributed by atoms with Gasteiger partial charge in [0.15, 0.2) is 12.5 Å². The van der Waals surface area contributed by atoms with Crippen LogP contribution >= 0.6 is 7.82 Å². The first-order chi connectivity index (χ1) is 30.8. The molecule has 1 fully saturated rings. The number of nitrogens with one attached hydrogen (secondary N) is 2. The molecule has 2 aromatic heterocycles. The second-order valence-corrected chi connectivity index (χ2v) is 15.4. The van der Waals surface area contributed by atoms with Crippen molar-refractivity contribution in [2.24, 2.45) is 18.0 Å². The fourth-order valence-corrected chi connectivity index (χ4v) is 7.04. The number of esters is 1. The highest BCUT2D eigenvalue weighted by molar-refractivity contribution is 7.48. The maximum Gasteiger partial charge on any atom is 0.475 e. The number of aromatic nitrogens is 5. The summed E-state index contributed by atoms with van der Waals surface area (Å²) in [6.07, 6.45) is 2.59. The van der Waals surface area contributed by atoms with Gasteiger partial charge in [-0.3, -0.25) is 27.7 Å². The van der Waals surface area contributed by atoms with Crippen molar-refractivity contribution in [2.45, 2.75) is 39.4 Å². The van der Waals surface area contributed by atoms with Gasteiger partial charge in [0.2, 0.25) is 11.7 Å². The monoisotopic (exact) mass is 849 g/mol. The number of phosphoric acid groups is 1. The van der Waals surface area contributed by atoms with Crippen LogP contribution in [0.4, 0.5) is 11.5 Å². The minimum atomic E-state index is -4.08. The zero-order valence-electron chi connectivity index (χ0n) is 36.1. The van der Waals surface area contributed by atoms with Gasteiger partial charge in [-0.05, 0) is 59.0 Å². The first-order valence-corrected chi connectivity index (χ1v) is 20.4. The quantitative estimate of drug-likeness (QED) is 0.0704. The van der Waals surface area contributed by atoms with Crippen molar-refractivity contribution >= 4 is 37.1 Å². The molecule has 0 aliphatic heterocycles. The molecular weight excluding hydrogens is 803 g/mol. The highest BCUT2D eigenvalue weighted by Gasteiger charge is 2.31. The number of nitrogens with zero attached hydrogens (tertiary/aromatic N) is 6. The van der Waals surface area contributed by atoms with Crippen LogP contribution in [0.15, 0.2) is 120 Å².